The van der Waals surface area contributed by atoms with E-state index in [1.165, 1.54) is 22.6 Å². The quantitative estimate of drug-likeness (QED) is 0.803. The number of halogens is 4. The van der Waals surface area contributed by atoms with E-state index >= 15 is 0 Å². The molecular formula is C5H2F3IN2O2. The SMILES string of the molecule is O=C(O)c1c(I)ncn1C(F)(F)F. The summed E-state index contributed by atoms with van der Waals surface area (Å²) in [5.74, 6) is -1.65. The lowest BCUT2D eigenvalue weighted by Gasteiger charge is -2.08. The Morgan fingerprint density at radius 1 is 1.62 bits per heavy atom. The van der Waals surface area contributed by atoms with Crippen molar-refractivity contribution in [2.75, 3.05) is 0 Å². The van der Waals surface area contributed by atoms with Crippen LogP contribution in [0.3, 0.4) is 0 Å². The highest BCUT2D eigenvalue weighted by Gasteiger charge is 2.36. The first-order chi connectivity index (χ1) is 5.84. The van der Waals surface area contributed by atoms with Gasteiger partial charge >= 0.3 is 12.3 Å². The Hall–Kier alpha value is -0.800. The number of rotatable bonds is 1. The Labute approximate surface area is 83.5 Å². The Morgan fingerprint density at radius 3 is 2.46 bits per heavy atom. The Morgan fingerprint density at radius 2 is 2.15 bits per heavy atom. The smallest absolute Gasteiger partial charge is 0.476 e. The van der Waals surface area contributed by atoms with Crippen LogP contribution in [0.25, 0.3) is 0 Å². The lowest BCUT2D eigenvalue weighted by molar-refractivity contribution is -0.205. The number of nitrogens with zero attached hydrogens (tertiary/aromatic N) is 2. The van der Waals surface area contributed by atoms with E-state index in [1.807, 2.05) is 0 Å². The molecule has 0 spiro atoms. The minimum atomic E-state index is -4.75. The topological polar surface area (TPSA) is 55.1 Å². The lowest BCUT2D eigenvalue weighted by atomic mass is 10.5. The molecule has 0 bridgehead atoms. The van der Waals surface area contributed by atoms with E-state index in [0.717, 1.165) is 0 Å². The van der Waals surface area contributed by atoms with Gasteiger partial charge in [-0.15, -0.1) is 13.2 Å². The molecule has 13 heavy (non-hydrogen) atoms. The van der Waals surface area contributed by atoms with Gasteiger partial charge in [0.2, 0.25) is 0 Å². The summed E-state index contributed by atoms with van der Waals surface area (Å²) in [5.41, 5.74) is -0.867. The maximum absolute atomic E-state index is 12.1. The molecule has 0 aliphatic rings. The highest BCUT2D eigenvalue weighted by atomic mass is 127. The van der Waals surface area contributed by atoms with Crippen molar-refractivity contribution in [2.24, 2.45) is 0 Å². The summed E-state index contributed by atoms with van der Waals surface area (Å²) in [7, 11) is 0. The second kappa shape index (κ2) is 3.16. The number of carbonyl (C=O) groups is 1. The van der Waals surface area contributed by atoms with Gasteiger partial charge in [-0.2, -0.15) is 0 Å². The molecule has 0 atom stereocenters. The van der Waals surface area contributed by atoms with Gasteiger partial charge in [-0.05, 0) is 22.6 Å². The largest absolute Gasteiger partial charge is 0.490 e. The first-order valence-electron chi connectivity index (χ1n) is 2.87. The molecule has 72 valence electrons. The third-order valence-electron chi connectivity index (χ3n) is 1.20. The molecule has 0 aliphatic carbocycles. The summed E-state index contributed by atoms with van der Waals surface area (Å²) in [6.07, 6.45) is -4.31. The van der Waals surface area contributed by atoms with E-state index in [4.69, 9.17) is 5.11 Å². The van der Waals surface area contributed by atoms with Gasteiger partial charge in [-0.1, -0.05) is 0 Å². The predicted molar refractivity (Wildman–Crippen MR) is 43.2 cm³/mol. The third kappa shape index (κ3) is 1.92. The van der Waals surface area contributed by atoms with E-state index in [2.05, 4.69) is 4.98 Å². The van der Waals surface area contributed by atoms with Gasteiger partial charge in [-0.25, -0.2) is 14.3 Å². The molecule has 0 unspecified atom stereocenters. The van der Waals surface area contributed by atoms with Crippen molar-refractivity contribution in [2.45, 2.75) is 6.30 Å². The fourth-order valence-electron chi connectivity index (χ4n) is 0.710. The molecule has 0 aliphatic heterocycles. The van der Waals surface area contributed by atoms with Crippen LogP contribution >= 0.6 is 22.6 Å². The average molecular weight is 306 g/mol. The summed E-state index contributed by atoms with van der Waals surface area (Å²) in [6.45, 7) is 0. The first kappa shape index (κ1) is 10.3. The van der Waals surface area contributed by atoms with Crippen molar-refractivity contribution < 1.29 is 23.1 Å². The van der Waals surface area contributed by atoms with Crippen LogP contribution in [0.2, 0.25) is 0 Å². The van der Waals surface area contributed by atoms with Crippen LogP contribution in [-0.2, 0) is 6.30 Å². The highest BCUT2D eigenvalue weighted by Crippen LogP contribution is 2.25. The lowest BCUT2D eigenvalue weighted by Crippen LogP contribution is -2.21. The molecule has 0 aromatic carbocycles. The van der Waals surface area contributed by atoms with Crippen molar-refractivity contribution in [3.63, 3.8) is 0 Å². The monoisotopic (exact) mass is 306 g/mol. The van der Waals surface area contributed by atoms with Crippen molar-refractivity contribution in [1.29, 1.82) is 0 Å². The van der Waals surface area contributed by atoms with Crippen molar-refractivity contribution in [3.05, 3.63) is 15.7 Å². The van der Waals surface area contributed by atoms with Gasteiger partial charge in [0.1, 0.15) is 10.0 Å². The van der Waals surface area contributed by atoms with Crippen molar-refractivity contribution >= 4 is 28.6 Å². The summed E-state index contributed by atoms with van der Waals surface area (Å²) in [4.78, 5) is 13.6. The molecule has 1 aromatic rings. The number of aromatic nitrogens is 2. The number of alkyl halides is 3. The van der Waals surface area contributed by atoms with Crippen LogP contribution in [0.1, 0.15) is 10.5 Å². The predicted octanol–water partition coefficient (Wildman–Crippen LogP) is 1.66. The Kier molecular flexibility index (Phi) is 2.50. The third-order valence-corrected chi connectivity index (χ3v) is 1.99. The van der Waals surface area contributed by atoms with E-state index in [9.17, 15) is 18.0 Å². The van der Waals surface area contributed by atoms with Crippen LogP contribution in [0, 0.1) is 3.70 Å². The normalized spacial score (nSPS) is 11.7. The van der Waals surface area contributed by atoms with E-state index in [0.29, 0.717) is 6.33 Å². The summed E-state index contributed by atoms with van der Waals surface area (Å²) in [5, 5.41) is 8.43. The van der Waals surface area contributed by atoms with Crippen molar-refractivity contribution in [3.8, 4) is 0 Å². The van der Waals surface area contributed by atoms with E-state index in [-0.39, 0.29) is 8.27 Å². The fourth-order valence-corrected chi connectivity index (χ4v) is 1.33. The standard InChI is InChI=1S/C5H2F3IN2O2/c6-5(7,8)11-1-10-3(9)2(11)4(12)13/h1H,(H,12,13). The van der Waals surface area contributed by atoms with Gasteiger partial charge < -0.3 is 5.11 Å². The van der Waals surface area contributed by atoms with Crippen LogP contribution in [-0.4, -0.2) is 20.6 Å². The van der Waals surface area contributed by atoms with E-state index in [1.54, 1.807) is 0 Å². The molecule has 0 amide bonds. The van der Waals surface area contributed by atoms with Gasteiger partial charge in [0.15, 0.2) is 5.69 Å². The number of aromatic carboxylic acids is 1. The van der Waals surface area contributed by atoms with Crippen LogP contribution in [0.5, 0.6) is 0 Å². The van der Waals surface area contributed by atoms with Gasteiger partial charge in [0.25, 0.3) is 0 Å². The van der Waals surface area contributed by atoms with E-state index < -0.39 is 18.0 Å². The number of carboxylic acid groups (broad SMARTS) is 1. The number of hydrogen-bond donors (Lipinski definition) is 1. The molecule has 8 heteroatoms. The fraction of sp³-hybridized carbons (Fsp3) is 0.200. The highest BCUT2D eigenvalue weighted by molar-refractivity contribution is 14.1. The zero-order valence-electron chi connectivity index (χ0n) is 5.84. The first-order valence-corrected chi connectivity index (χ1v) is 3.95. The summed E-state index contributed by atoms with van der Waals surface area (Å²) < 4.78 is 35.7. The summed E-state index contributed by atoms with van der Waals surface area (Å²) >= 11 is 1.42. The molecule has 1 aromatic heterocycles. The number of carboxylic acids is 1. The molecule has 0 saturated heterocycles. The van der Waals surface area contributed by atoms with Crippen molar-refractivity contribution in [1.82, 2.24) is 9.55 Å². The molecular weight excluding hydrogens is 304 g/mol. The second-order valence-electron chi connectivity index (χ2n) is 2.03. The molecule has 0 fully saturated rings. The van der Waals surface area contributed by atoms with Gasteiger partial charge in [-0.3, -0.25) is 0 Å². The zero-order chi connectivity index (χ0) is 10.2. The minimum absolute atomic E-state index is 0.192. The molecule has 4 nitrogen and oxygen atoms in total. The van der Waals surface area contributed by atoms with Gasteiger partial charge in [0, 0.05) is 0 Å². The maximum Gasteiger partial charge on any atom is 0.490 e. The van der Waals surface area contributed by atoms with Gasteiger partial charge in [0.05, 0.1) is 0 Å². The second-order valence-corrected chi connectivity index (χ2v) is 3.05. The van der Waals surface area contributed by atoms with Crippen LogP contribution in [0.15, 0.2) is 6.33 Å². The Balaban J connectivity index is 3.31. The molecule has 1 rings (SSSR count). The van der Waals surface area contributed by atoms with Crippen LogP contribution in [0.4, 0.5) is 13.2 Å². The molecule has 1 heterocycles. The molecule has 0 saturated carbocycles. The average Bonchev–Trinajstić information content (AvgIpc) is 2.28. The summed E-state index contributed by atoms with van der Waals surface area (Å²) in [6, 6.07) is 0. The molecule has 0 radical (unpaired) electrons. The number of imidazole rings is 1. The Bertz CT molecular complexity index is 346. The minimum Gasteiger partial charge on any atom is -0.476 e. The van der Waals surface area contributed by atoms with Crippen LogP contribution < -0.4 is 0 Å². The zero-order valence-corrected chi connectivity index (χ0v) is 8.00. The maximum atomic E-state index is 12.1. The number of hydrogen-bond acceptors (Lipinski definition) is 2. The molecule has 1 N–H and O–H groups in total.